The molecule has 0 heterocycles. The number of rotatable bonds is 5. The lowest BCUT2D eigenvalue weighted by Gasteiger charge is -2.59. The van der Waals surface area contributed by atoms with Gasteiger partial charge in [-0.3, -0.25) is 9.59 Å². The Kier molecular flexibility index (Phi) is 5.52. The van der Waals surface area contributed by atoms with E-state index in [1.165, 1.54) is 5.57 Å². The Hall–Kier alpha value is -1.62. The molecule has 0 aromatic rings. The Labute approximate surface area is 167 Å². The predicted octanol–water partition coefficient (Wildman–Crippen LogP) is 4.46. The number of fused-ring (bicyclic) bond motifs is 3. The maximum Gasteiger partial charge on any atom is 0.319 e. The number of aliphatic carboxylic acids is 1. The highest BCUT2D eigenvalue weighted by Gasteiger charge is 2.58. The molecule has 6 atom stereocenters. The quantitative estimate of drug-likeness (QED) is 0.313. The summed E-state index contributed by atoms with van der Waals surface area (Å²) in [6.45, 7) is 10.6. The van der Waals surface area contributed by atoms with Crippen molar-refractivity contribution in [3.8, 4) is 0 Å². The predicted molar refractivity (Wildman–Crippen MR) is 106 cm³/mol. The lowest BCUT2D eigenvalue weighted by molar-refractivity contribution is -0.219. The topological polar surface area (TPSA) is 83.8 Å². The molecular weight excluding hydrogens is 356 g/mol. The molecule has 28 heavy (non-hydrogen) atoms. The van der Waals surface area contributed by atoms with Crippen LogP contribution in [-0.4, -0.2) is 28.4 Å². The number of esters is 1. The van der Waals surface area contributed by atoms with Gasteiger partial charge < -0.3 is 14.9 Å². The lowest BCUT2D eigenvalue weighted by Crippen LogP contribution is -2.55. The average molecular weight is 391 g/mol. The van der Waals surface area contributed by atoms with E-state index in [2.05, 4.69) is 32.6 Å². The minimum absolute atomic E-state index is 0.0153. The van der Waals surface area contributed by atoms with Crippen LogP contribution in [0.5, 0.6) is 0 Å². The van der Waals surface area contributed by atoms with E-state index in [9.17, 15) is 14.7 Å². The lowest BCUT2D eigenvalue weighted by atomic mass is 9.46. The summed E-state index contributed by atoms with van der Waals surface area (Å²) < 4.78 is 5.19. The van der Waals surface area contributed by atoms with Crippen molar-refractivity contribution in [2.45, 2.75) is 78.4 Å². The van der Waals surface area contributed by atoms with Crippen LogP contribution >= 0.6 is 0 Å². The van der Waals surface area contributed by atoms with Crippen LogP contribution in [0.25, 0.3) is 0 Å². The molecule has 0 bridgehead atoms. The molecule has 2 fully saturated rings. The number of carboxylic acid groups (broad SMARTS) is 1. The zero-order chi connectivity index (χ0) is 20.7. The van der Waals surface area contributed by atoms with Gasteiger partial charge in [-0.15, -0.1) is 6.58 Å². The first-order chi connectivity index (χ1) is 13.0. The third kappa shape index (κ3) is 3.54. The van der Waals surface area contributed by atoms with E-state index in [0.717, 1.165) is 44.9 Å². The monoisotopic (exact) mass is 390 g/mol. The first-order valence-electron chi connectivity index (χ1n) is 10.5. The Balaban J connectivity index is 1.85. The summed E-state index contributed by atoms with van der Waals surface area (Å²) in [4.78, 5) is 22.6. The number of carbonyl (C=O) groups is 2. The van der Waals surface area contributed by atoms with Gasteiger partial charge in [0.1, 0.15) is 6.42 Å². The highest BCUT2D eigenvalue weighted by molar-refractivity contribution is 5.90. The molecule has 156 valence electrons. The van der Waals surface area contributed by atoms with E-state index in [1.54, 1.807) is 0 Å². The van der Waals surface area contributed by atoms with E-state index in [0.29, 0.717) is 5.92 Å². The van der Waals surface area contributed by atoms with E-state index in [4.69, 9.17) is 9.84 Å². The molecule has 0 aliphatic heterocycles. The second-order valence-corrected chi connectivity index (χ2v) is 9.94. The molecular formula is C23H34O5. The van der Waals surface area contributed by atoms with Crippen LogP contribution in [0.15, 0.2) is 24.3 Å². The van der Waals surface area contributed by atoms with E-state index in [1.807, 2.05) is 6.92 Å². The summed E-state index contributed by atoms with van der Waals surface area (Å²) in [5, 5.41) is 19.6. The summed E-state index contributed by atoms with van der Waals surface area (Å²) >= 11 is 0. The van der Waals surface area contributed by atoms with Gasteiger partial charge in [-0.1, -0.05) is 44.9 Å². The van der Waals surface area contributed by atoms with Gasteiger partial charge in [0.25, 0.3) is 0 Å². The molecule has 0 saturated heterocycles. The van der Waals surface area contributed by atoms with Gasteiger partial charge in [0.05, 0.1) is 0 Å². The Morgan fingerprint density at radius 2 is 2.04 bits per heavy atom. The molecule has 3 aliphatic carbocycles. The summed E-state index contributed by atoms with van der Waals surface area (Å²) in [5.74, 6) is -1.36. The zero-order valence-corrected chi connectivity index (χ0v) is 17.4. The normalized spacial score (nSPS) is 41.1. The fourth-order valence-corrected chi connectivity index (χ4v) is 6.38. The number of carbonyl (C=O) groups excluding carboxylic acids is 1. The zero-order valence-electron chi connectivity index (χ0n) is 17.4. The molecule has 1 unspecified atom stereocenters. The number of carboxylic acids is 1. The van der Waals surface area contributed by atoms with E-state index < -0.39 is 30.1 Å². The summed E-state index contributed by atoms with van der Waals surface area (Å²) in [7, 11) is 0. The molecule has 0 aromatic carbocycles. The van der Waals surface area contributed by atoms with Crippen molar-refractivity contribution in [3.05, 3.63) is 24.3 Å². The van der Waals surface area contributed by atoms with E-state index >= 15 is 0 Å². The maximum atomic E-state index is 11.8. The van der Waals surface area contributed by atoms with Crippen molar-refractivity contribution in [1.29, 1.82) is 0 Å². The standard InChI is InChI=1S/C23H34O5/c1-5-21(2)12-9-16-15(14-21)7-8-17-22(16,3)10-6-11-23(17,4)20(27)28-19(26)13-18(24)25/h5,9,15,17,20,27H,1,6-8,10-14H2,2-4H3,(H,24,25)/t15-,17+,20?,21+,22-,23+/m0/s1. The molecule has 2 N–H and O–H groups in total. The van der Waals surface area contributed by atoms with Crippen LogP contribution < -0.4 is 0 Å². The van der Waals surface area contributed by atoms with Crippen LogP contribution in [-0.2, 0) is 14.3 Å². The van der Waals surface area contributed by atoms with Gasteiger partial charge in [0.2, 0.25) is 6.29 Å². The number of aliphatic hydroxyl groups excluding tert-OH is 1. The third-order valence-electron chi connectivity index (χ3n) is 7.98. The van der Waals surface area contributed by atoms with Crippen molar-refractivity contribution in [2.24, 2.45) is 28.1 Å². The van der Waals surface area contributed by atoms with Gasteiger partial charge in [-0.05, 0) is 61.2 Å². The third-order valence-corrected chi connectivity index (χ3v) is 7.98. The molecule has 3 aliphatic rings. The van der Waals surface area contributed by atoms with Crippen molar-refractivity contribution in [3.63, 3.8) is 0 Å². The maximum absolute atomic E-state index is 11.8. The van der Waals surface area contributed by atoms with Gasteiger partial charge in [0.15, 0.2) is 0 Å². The van der Waals surface area contributed by atoms with Crippen molar-refractivity contribution < 1.29 is 24.5 Å². The van der Waals surface area contributed by atoms with Crippen LogP contribution in [0, 0.1) is 28.1 Å². The summed E-state index contributed by atoms with van der Waals surface area (Å²) in [6.07, 6.45) is 9.49. The van der Waals surface area contributed by atoms with E-state index in [-0.39, 0.29) is 16.7 Å². The van der Waals surface area contributed by atoms with Crippen molar-refractivity contribution >= 4 is 11.9 Å². The number of ether oxygens (including phenoxy) is 1. The average Bonchev–Trinajstić information content (AvgIpc) is 2.60. The number of hydrogen-bond donors (Lipinski definition) is 2. The molecule has 0 spiro atoms. The molecule has 2 saturated carbocycles. The largest absolute Gasteiger partial charge is 0.481 e. The number of hydrogen-bond acceptors (Lipinski definition) is 4. The second kappa shape index (κ2) is 7.33. The highest BCUT2D eigenvalue weighted by atomic mass is 16.6. The minimum atomic E-state index is -1.27. The fourth-order valence-electron chi connectivity index (χ4n) is 6.38. The fraction of sp³-hybridized carbons (Fsp3) is 0.739. The molecule has 0 radical (unpaired) electrons. The van der Waals surface area contributed by atoms with Crippen LogP contribution in [0.1, 0.15) is 72.1 Å². The van der Waals surface area contributed by atoms with Gasteiger partial charge >= 0.3 is 11.9 Å². The van der Waals surface area contributed by atoms with Crippen LogP contribution in [0.2, 0.25) is 0 Å². The Morgan fingerprint density at radius 1 is 1.32 bits per heavy atom. The van der Waals surface area contributed by atoms with Crippen molar-refractivity contribution in [1.82, 2.24) is 0 Å². The second-order valence-electron chi connectivity index (χ2n) is 9.94. The number of aliphatic hydroxyl groups is 1. The molecule has 0 amide bonds. The van der Waals surface area contributed by atoms with Crippen LogP contribution in [0.4, 0.5) is 0 Å². The summed E-state index contributed by atoms with van der Waals surface area (Å²) in [6, 6.07) is 0. The Bertz CT molecular complexity index is 697. The van der Waals surface area contributed by atoms with Crippen molar-refractivity contribution in [2.75, 3.05) is 0 Å². The molecule has 5 nitrogen and oxygen atoms in total. The molecule has 3 rings (SSSR count). The Morgan fingerprint density at radius 3 is 2.68 bits per heavy atom. The van der Waals surface area contributed by atoms with Crippen LogP contribution in [0.3, 0.4) is 0 Å². The first-order valence-corrected chi connectivity index (χ1v) is 10.5. The van der Waals surface area contributed by atoms with Gasteiger partial charge in [-0.2, -0.15) is 0 Å². The first kappa shape index (κ1) is 21.1. The van der Waals surface area contributed by atoms with Gasteiger partial charge in [-0.25, -0.2) is 0 Å². The molecule has 5 heteroatoms. The smallest absolute Gasteiger partial charge is 0.319 e. The summed E-state index contributed by atoms with van der Waals surface area (Å²) in [5.41, 5.74) is 1.09. The highest BCUT2D eigenvalue weighted by Crippen LogP contribution is 2.64. The minimum Gasteiger partial charge on any atom is -0.481 e. The molecule has 0 aromatic heterocycles. The van der Waals surface area contributed by atoms with Gasteiger partial charge in [0, 0.05) is 5.41 Å². The SMILES string of the molecule is C=C[C@]1(C)CC=C2[C@@H](CC[C@@H]3[C@@]2(C)CCC[C@@]3(C)C(O)OC(=O)CC(=O)O)C1. The number of allylic oxidation sites excluding steroid dienone is 3.